The monoisotopic (exact) mass is 400 g/mol. The normalized spacial score (nSPS) is 11.0. The van der Waals surface area contributed by atoms with Gasteiger partial charge in [0.05, 0.1) is 9.79 Å². The van der Waals surface area contributed by atoms with Gasteiger partial charge in [0, 0.05) is 11.4 Å². The zero-order valence-corrected chi connectivity index (χ0v) is 15.2. The van der Waals surface area contributed by atoms with Gasteiger partial charge in [0.25, 0.3) is 0 Å². The van der Waals surface area contributed by atoms with E-state index in [-0.39, 0.29) is 33.4 Å². The summed E-state index contributed by atoms with van der Waals surface area (Å²) in [5, 5.41) is 5.05. The molecule has 0 aromatic heterocycles. The van der Waals surface area contributed by atoms with E-state index in [0.29, 0.717) is 11.4 Å². The Morgan fingerprint density at radius 2 is 1.04 bits per heavy atom. The molecule has 0 atom stereocenters. The average molecular weight is 401 g/mol. The first-order chi connectivity index (χ1) is 11.9. The van der Waals surface area contributed by atoms with Gasteiger partial charge in [-0.15, -0.1) is 23.2 Å². The Bertz CT molecular complexity index is 799. The van der Waals surface area contributed by atoms with Crippen LogP contribution in [0.15, 0.2) is 58.3 Å². The van der Waals surface area contributed by atoms with E-state index in [4.69, 9.17) is 23.2 Å². The van der Waals surface area contributed by atoms with Crippen LogP contribution in [0.25, 0.3) is 0 Å². The maximum absolute atomic E-state index is 12.6. The minimum absolute atomic E-state index is 0.0777. The van der Waals surface area contributed by atoms with Crippen molar-refractivity contribution in [1.82, 2.24) is 0 Å². The van der Waals surface area contributed by atoms with E-state index < -0.39 is 9.84 Å². The summed E-state index contributed by atoms with van der Waals surface area (Å²) in [6, 6.07) is 11.5. The summed E-state index contributed by atoms with van der Waals surface area (Å²) in [4.78, 5) is 22.6. The van der Waals surface area contributed by atoms with Crippen molar-refractivity contribution in [3.63, 3.8) is 0 Å². The van der Waals surface area contributed by atoms with Crippen molar-refractivity contribution < 1.29 is 18.0 Å². The van der Waals surface area contributed by atoms with Gasteiger partial charge in [-0.2, -0.15) is 0 Å². The first-order valence-electron chi connectivity index (χ1n) is 7.03. The van der Waals surface area contributed by atoms with E-state index in [1.165, 1.54) is 48.5 Å². The first kappa shape index (κ1) is 19.2. The van der Waals surface area contributed by atoms with Crippen LogP contribution in [0, 0.1) is 0 Å². The highest BCUT2D eigenvalue weighted by Gasteiger charge is 2.17. The molecular formula is C16H14Cl2N2O4S. The number of carbonyl (C=O) groups is 2. The lowest BCUT2D eigenvalue weighted by Gasteiger charge is -2.08. The van der Waals surface area contributed by atoms with Gasteiger partial charge in [-0.3, -0.25) is 9.59 Å². The largest absolute Gasteiger partial charge is 0.325 e. The quantitative estimate of drug-likeness (QED) is 0.729. The molecule has 132 valence electrons. The predicted octanol–water partition coefficient (Wildman–Crippen LogP) is 2.87. The number of carbonyl (C=O) groups excluding carboxylic acids is 2. The average Bonchev–Trinajstić information content (AvgIpc) is 2.62. The first-order valence-corrected chi connectivity index (χ1v) is 9.59. The van der Waals surface area contributed by atoms with Crippen molar-refractivity contribution in [1.29, 1.82) is 0 Å². The van der Waals surface area contributed by atoms with Crippen LogP contribution in [0.2, 0.25) is 0 Å². The molecule has 0 aliphatic carbocycles. The van der Waals surface area contributed by atoms with Gasteiger partial charge in [0.15, 0.2) is 0 Å². The fraction of sp³-hybridized carbons (Fsp3) is 0.125. The Balaban J connectivity index is 2.20. The molecule has 0 heterocycles. The minimum atomic E-state index is -3.72. The number of nitrogens with one attached hydrogen (secondary N) is 2. The van der Waals surface area contributed by atoms with Crippen molar-refractivity contribution in [2.24, 2.45) is 0 Å². The van der Waals surface area contributed by atoms with Gasteiger partial charge in [0.1, 0.15) is 11.8 Å². The second kappa shape index (κ2) is 8.33. The Hall–Kier alpha value is -2.09. The van der Waals surface area contributed by atoms with Gasteiger partial charge in [-0.05, 0) is 48.5 Å². The van der Waals surface area contributed by atoms with E-state index in [1.807, 2.05) is 0 Å². The smallest absolute Gasteiger partial charge is 0.239 e. The predicted molar refractivity (Wildman–Crippen MR) is 97.0 cm³/mol. The maximum Gasteiger partial charge on any atom is 0.239 e. The van der Waals surface area contributed by atoms with Crippen LogP contribution in [-0.2, 0) is 19.4 Å². The SMILES string of the molecule is O=C(CCl)Nc1ccc(S(=O)(=O)c2ccc(NC(=O)CCl)cc2)cc1. The van der Waals surface area contributed by atoms with Gasteiger partial charge in [-0.25, -0.2) is 8.42 Å². The van der Waals surface area contributed by atoms with E-state index >= 15 is 0 Å². The van der Waals surface area contributed by atoms with Crippen molar-refractivity contribution in [2.45, 2.75) is 9.79 Å². The van der Waals surface area contributed by atoms with Gasteiger partial charge in [-0.1, -0.05) is 0 Å². The molecule has 6 nitrogen and oxygen atoms in total. The van der Waals surface area contributed by atoms with E-state index in [1.54, 1.807) is 0 Å². The van der Waals surface area contributed by atoms with Crippen molar-refractivity contribution in [3.8, 4) is 0 Å². The molecule has 0 spiro atoms. The number of hydrogen-bond donors (Lipinski definition) is 2. The third-order valence-corrected chi connectivity index (χ3v) is 5.41. The van der Waals surface area contributed by atoms with E-state index in [2.05, 4.69) is 10.6 Å². The molecule has 0 bridgehead atoms. The Kier molecular flexibility index (Phi) is 6.41. The van der Waals surface area contributed by atoms with Crippen LogP contribution in [0.4, 0.5) is 11.4 Å². The molecule has 2 aromatic carbocycles. The maximum atomic E-state index is 12.6. The molecule has 2 aromatic rings. The zero-order valence-electron chi connectivity index (χ0n) is 12.8. The van der Waals surface area contributed by atoms with Crippen molar-refractivity contribution in [2.75, 3.05) is 22.4 Å². The highest BCUT2D eigenvalue weighted by Crippen LogP contribution is 2.23. The van der Waals surface area contributed by atoms with Crippen LogP contribution >= 0.6 is 23.2 Å². The highest BCUT2D eigenvalue weighted by molar-refractivity contribution is 7.91. The number of hydrogen-bond acceptors (Lipinski definition) is 4. The van der Waals surface area contributed by atoms with Crippen molar-refractivity contribution in [3.05, 3.63) is 48.5 Å². The van der Waals surface area contributed by atoms with Gasteiger partial charge < -0.3 is 10.6 Å². The molecule has 0 fully saturated rings. The summed E-state index contributed by atoms with van der Waals surface area (Å²) in [5.74, 6) is -1.14. The van der Waals surface area contributed by atoms with Crippen LogP contribution in [0.1, 0.15) is 0 Å². The molecule has 0 saturated carbocycles. The van der Waals surface area contributed by atoms with E-state index in [0.717, 1.165) is 0 Å². The molecular weight excluding hydrogens is 387 g/mol. The third-order valence-electron chi connectivity index (χ3n) is 3.14. The summed E-state index contributed by atoms with van der Waals surface area (Å²) < 4.78 is 25.2. The number of amides is 2. The lowest BCUT2D eigenvalue weighted by molar-refractivity contribution is -0.114. The molecule has 2 amide bonds. The fourth-order valence-corrected chi connectivity index (χ4v) is 3.35. The molecule has 0 unspecified atom stereocenters. The second-order valence-corrected chi connectivity index (χ2v) is 7.40. The van der Waals surface area contributed by atoms with Gasteiger partial charge in [0.2, 0.25) is 21.7 Å². The molecule has 25 heavy (non-hydrogen) atoms. The number of rotatable bonds is 6. The lowest BCUT2D eigenvalue weighted by atomic mass is 10.3. The summed E-state index contributed by atoms with van der Waals surface area (Å²) in [6.07, 6.45) is 0. The zero-order chi connectivity index (χ0) is 18.4. The van der Waals surface area contributed by atoms with Crippen LogP contribution < -0.4 is 10.6 Å². The summed E-state index contributed by atoms with van der Waals surface area (Å²) in [5.41, 5.74) is 0.896. The molecule has 0 radical (unpaired) electrons. The molecule has 0 aliphatic rings. The molecule has 0 saturated heterocycles. The Labute approximate surface area is 155 Å². The number of sulfone groups is 1. The topological polar surface area (TPSA) is 92.3 Å². The Morgan fingerprint density at radius 1 is 0.720 bits per heavy atom. The molecule has 2 N–H and O–H groups in total. The molecule has 2 rings (SSSR count). The summed E-state index contributed by atoms with van der Waals surface area (Å²) in [6.45, 7) is 0. The molecule has 0 aliphatic heterocycles. The number of halogens is 2. The number of anilines is 2. The van der Waals surface area contributed by atoms with Crippen LogP contribution in [0.3, 0.4) is 0 Å². The standard InChI is InChI=1S/C16H14Cl2N2O4S/c17-9-15(21)19-11-1-5-13(6-2-11)25(23,24)14-7-3-12(4-8-14)20-16(22)10-18/h1-8H,9-10H2,(H,19,21)(H,20,22). The minimum Gasteiger partial charge on any atom is -0.325 e. The van der Waals surface area contributed by atoms with Crippen LogP contribution in [-0.4, -0.2) is 32.0 Å². The fourth-order valence-electron chi connectivity index (χ4n) is 1.96. The van der Waals surface area contributed by atoms with Gasteiger partial charge >= 0.3 is 0 Å². The molecule has 9 heteroatoms. The van der Waals surface area contributed by atoms with E-state index in [9.17, 15) is 18.0 Å². The summed E-state index contributed by atoms with van der Waals surface area (Å²) >= 11 is 10.8. The Morgan fingerprint density at radius 3 is 1.32 bits per heavy atom. The number of alkyl halides is 2. The second-order valence-electron chi connectivity index (χ2n) is 4.92. The van der Waals surface area contributed by atoms with Crippen molar-refractivity contribution >= 4 is 56.2 Å². The third kappa shape index (κ3) is 4.94. The van der Waals surface area contributed by atoms with Crippen LogP contribution in [0.5, 0.6) is 0 Å². The highest BCUT2D eigenvalue weighted by atomic mass is 35.5. The lowest BCUT2D eigenvalue weighted by Crippen LogP contribution is -2.13. The summed E-state index contributed by atoms with van der Waals surface area (Å²) in [7, 11) is -3.72. The number of benzene rings is 2.